The van der Waals surface area contributed by atoms with Crippen LogP contribution in [0.5, 0.6) is 0 Å². The third-order valence-corrected chi connectivity index (χ3v) is 3.87. The molecule has 0 unspecified atom stereocenters. The van der Waals surface area contributed by atoms with Crippen LogP contribution in [0.1, 0.15) is 11.3 Å². The van der Waals surface area contributed by atoms with E-state index in [2.05, 4.69) is 44.9 Å². The maximum Gasteiger partial charge on any atom is 0.229 e. The molecule has 2 N–H and O–H groups in total. The van der Waals surface area contributed by atoms with E-state index in [1.165, 1.54) is 5.56 Å². The predicted octanol–water partition coefficient (Wildman–Crippen LogP) is 4.84. The molecule has 0 spiro atoms. The van der Waals surface area contributed by atoms with Crippen LogP contribution in [0.4, 0.5) is 17.5 Å². The minimum absolute atomic E-state index is 0.533. The van der Waals surface area contributed by atoms with Gasteiger partial charge in [0.15, 0.2) is 0 Å². The molecule has 0 saturated heterocycles. The summed E-state index contributed by atoms with van der Waals surface area (Å²) in [6, 6.07) is 19.8. The largest absolute Gasteiger partial charge is 0.370 e. The molecule has 0 bridgehead atoms. The van der Waals surface area contributed by atoms with Gasteiger partial charge in [-0.05, 0) is 31.0 Å². The van der Waals surface area contributed by atoms with E-state index in [0.717, 1.165) is 30.2 Å². The Kier molecular flexibility index (Phi) is 5.29. The van der Waals surface area contributed by atoms with Gasteiger partial charge in [0.1, 0.15) is 5.82 Å². The molecule has 0 saturated carbocycles. The van der Waals surface area contributed by atoms with Crippen molar-refractivity contribution in [3.05, 3.63) is 76.9 Å². The summed E-state index contributed by atoms with van der Waals surface area (Å²) < 4.78 is 0. The second kappa shape index (κ2) is 7.79. The number of rotatable bonds is 6. The summed E-state index contributed by atoms with van der Waals surface area (Å²) in [6.45, 7) is 2.76. The van der Waals surface area contributed by atoms with Crippen LogP contribution in [0.25, 0.3) is 0 Å². The summed E-state index contributed by atoms with van der Waals surface area (Å²) >= 11 is 6.17. The average molecular weight is 339 g/mol. The summed E-state index contributed by atoms with van der Waals surface area (Å²) in [5, 5.41) is 7.16. The lowest BCUT2D eigenvalue weighted by Crippen LogP contribution is -2.08. The normalized spacial score (nSPS) is 10.4. The minimum atomic E-state index is 0.533. The Morgan fingerprint density at radius 2 is 1.71 bits per heavy atom. The van der Waals surface area contributed by atoms with Gasteiger partial charge < -0.3 is 10.6 Å². The van der Waals surface area contributed by atoms with Crippen molar-refractivity contribution in [1.29, 1.82) is 0 Å². The lowest BCUT2D eigenvalue weighted by atomic mass is 10.1. The fourth-order valence-corrected chi connectivity index (χ4v) is 2.56. The van der Waals surface area contributed by atoms with Crippen molar-refractivity contribution in [2.45, 2.75) is 13.3 Å². The number of hydrogen-bond donors (Lipinski definition) is 2. The van der Waals surface area contributed by atoms with Crippen molar-refractivity contribution in [2.24, 2.45) is 0 Å². The summed E-state index contributed by atoms with van der Waals surface area (Å²) in [6.07, 6.45) is 0.942. The van der Waals surface area contributed by atoms with Gasteiger partial charge in [0, 0.05) is 18.3 Å². The van der Waals surface area contributed by atoms with E-state index in [9.17, 15) is 0 Å². The van der Waals surface area contributed by atoms with Gasteiger partial charge in [-0.2, -0.15) is 4.98 Å². The number of aromatic nitrogens is 2. The summed E-state index contributed by atoms with van der Waals surface area (Å²) in [5.41, 5.74) is 2.98. The molecule has 0 fully saturated rings. The second-order valence-electron chi connectivity index (χ2n) is 5.49. The first-order valence-corrected chi connectivity index (χ1v) is 8.23. The van der Waals surface area contributed by atoms with Gasteiger partial charge >= 0.3 is 0 Å². The van der Waals surface area contributed by atoms with Crippen LogP contribution in [-0.4, -0.2) is 16.5 Å². The summed E-state index contributed by atoms with van der Waals surface area (Å²) in [5.74, 6) is 1.33. The zero-order chi connectivity index (χ0) is 16.8. The molecule has 3 aromatic rings. The Morgan fingerprint density at radius 3 is 2.50 bits per heavy atom. The molecule has 5 heteroatoms. The SMILES string of the molecule is Cc1cc(NCCc2ccccc2)nc(Nc2ccccc2Cl)n1. The molecule has 1 heterocycles. The predicted molar refractivity (Wildman–Crippen MR) is 100 cm³/mol. The molecule has 2 aromatic carbocycles. The summed E-state index contributed by atoms with van der Waals surface area (Å²) in [7, 11) is 0. The molecule has 0 atom stereocenters. The van der Waals surface area contributed by atoms with E-state index in [1.54, 1.807) is 0 Å². The van der Waals surface area contributed by atoms with Crippen molar-refractivity contribution < 1.29 is 0 Å². The average Bonchev–Trinajstić information content (AvgIpc) is 2.57. The van der Waals surface area contributed by atoms with Crippen molar-refractivity contribution in [3.8, 4) is 0 Å². The van der Waals surface area contributed by atoms with E-state index >= 15 is 0 Å². The summed E-state index contributed by atoms with van der Waals surface area (Å²) in [4.78, 5) is 8.92. The number of para-hydroxylation sites is 1. The van der Waals surface area contributed by atoms with Gasteiger partial charge in [-0.15, -0.1) is 0 Å². The van der Waals surface area contributed by atoms with Crippen molar-refractivity contribution in [2.75, 3.05) is 17.2 Å². The van der Waals surface area contributed by atoms with E-state index in [1.807, 2.05) is 43.3 Å². The van der Waals surface area contributed by atoms with Crippen LogP contribution in [-0.2, 0) is 6.42 Å². The van der Waals surface area contributed by atoms with E-state index in [0.29, 0.717) is 11.0 Å². The molecule has 0 radical (unpaired) electrons. The molecular weight excluding hydrogens is 320 g/mol. The number of nitrogens with one attached hydrogen (secondary N) is 2. The number of nitrogens with zero attached hydrogens (tertiary/aromatic N) is 2. The fraction of sp³-hybridized carbons (Fsp3) is 0.158. The Hall–Kier alpha value is -2.59. The van der Waals surface area contributed by atoms with Gasteiger partial charge in [0.2, 0.25) is 5.95 Å². The molecule has 0 aliphatic carbocycles. The Labute approximate surface area is 146 Å². The second-order valence-corrected chi connectivity index (χ2v) is 5.89. The number of aryl methyl sites for hydroxylation is 1. The van der Waals surface area contributed by atoms with Crippen LogP contribution in [0.3, 0.4) is 0 Å². The lowest BCUT2D eigenvalue weighted by Gasteiger charge is -2.11. The van der Waals surface area contributed by atoms with E-state index < -0.39 is 0 Å². The third kappa shape index (κ3) is 4.46. The highest BCUT2D eigenvalue weighted by Gasteiger charge is 2.05. The number of hydrogen-bond acceptors (Lipinski definition) is 4. The van der Waals surface area contributed by atoms with Crippen LogP contribution in [0.15, 0.2) is 60.7 Å². The maximum atomic E-state index is 6.17. The van der Waals surface area contributed by atoms with Gasteiger partial charge in [-0.25, -0.2) is 4.98 Å². The zero-order valence-electron chi connectivity index (χ0n) is 13.5. The van der Waals surface area contributed by atoms with Crippen LogP contribution >= 0.6 is 11.6 Å². The van der Waals surface area contributed by atoms with Crippen molar-refractivity contribution >= 4 is 29.1 Å². The first kappa shape index (κ1) is 16.3. The molecule has 0 aliphatic rings. The first-order valence-electron chi connectivity index (χ1n) is 7.86. The molecule has 1 aromatic heterocycles. The standard InChI is InChI=1S/C19H19ClN4/c1-14-13-18(21-12-11-15-7-3-2-4-8-15)24-19(22-14)23-17-10-6-5-9-16(17)20/h2-10,13H,11-12H2,1H3,(H2,21,22,23,24). The molecule has 0 amide bonds. The van der Waals surface area contributed by atoms with Crippen LogP contribution in [0, 0.1) is 6.92 Å². The zero-order valence-corrected chi connectivity index (χ0v) is 14.2. The topological polar surface area (TPSA) is 49.8 Å². The van der Waals surface area contributed by atoms with Gasteiger partial charge in [0.25, 0.3) is 0 Å². The maximum absolute atomic E-state index is 6.17. The third-order valence-electron chi connectivity index (χ3n) is 3.54. The molecule has 24 heavy (non-hydrogen) atoms. The smallest absolute Gasteiger partial charge is 0.229 e. The van der Waals surface area contributed by atoms with Gasteiger partial charge in [-0.1, -0.05) is 54.1 Å². The van der Waals surface area contributed by atoms with Crippen LogP contribution < -0.4 is 10.6 Å². The van der Waals surface area contributed by atoms with E-state index in [-0.39, 0.29) is 0 Å². The first-order chi connectivity index (χ1) is 11.7. The Balaban J connectivity index is 1.66. The Bertz CT molecular complexity index is 805. The fourth-order valence-electron chi connectivity index (χ4n) is 2.38. The van der Waals surface area contributed by atoms with Crippen molar-refractivity contribution in [3.63, 3.8) is 0 Å². The van der Waals surface area contributed by atoms with Gasteiger partial charge in [0.05, 0.1) is 10.7 Å². The Morgan fingerprint density at radius 1 is 0.958 bits per heavy atom. The van der Waals surface area contributed by atoms with Gasteiger partial charge in [-0.3, -0.25) is 0 Å². The molecule has 4 nitrogen and oxygen atoms in total. The monoisotopic (exact) mass is 338 g/mol. The molecule has 3 rings (SSSR count). The molecule has 122 valence electrons. The number of benzene rings is 2. The quantitative estimate of drug-likeness (QED) is 0.675. The van der Waals surface area contributed by atoms with Crippen molar-refractivity contribution in [1.82, 2.24) is 9.97 Å². The molecule has 0 aliphatic heterocycles. The molecular formula is C19H19ClN4. The van der Waals surface area contributed by atoms with Crippen LogP contribution in [0.2, 0.25) is 5.02 Å². The van der Waals surface area contributed by atoms with E-state index in [4.69, 9.17) is 11.6 Å². The highest BCUT2D eigenvalue weighted by Crippen LogP contribution is 2.23. The number of halogens is 1. The minimum Gasteiger partial charge on any atom is -0.370 e. The highest BCUT2D eigenvalue weighted by molar-refractivity contribution is 6.33. The number of anilines is 3. The lowest BCUT2D eigenvalue weighted by molar-refractivity contribution is 0.995. The highest BCUT2D eigenvalue weighted by atomic mass is 35.5.